The fourth-order valence-electron chi connectivity index (χ4n) is 2.50. The Labute approximate surface area is 129 Å². The number of hydrogen-bond donors (Lipinski definition) is 1. The van der Waals surface area contributed by atoms with Crippen molar-refractivity contribution in [1.82, 2.24) is 14.9 Å². The average molecular weight is 303 g/mol. The van der Waals surface area contributed by atoms with Crippen LogP contribution in [0, 0.1) is 0 Å². The van der Waals surface area contributed by atoms with Gasteiger partial charge in [-0.25, -0.2) is 9.78 Å². The number of nitrogens with one attached hydrogen (secondary N) is 1. The third kappa shape index (κ3) is 3.32. The minimum absolute atomic E-state index is 0.00658. The zero-order chi connectivity index (χ0) is 15.7. The SMILES string of the molecule is CC(C)(C)OC(=O)N1CC[C@@H](Oc2ccc3nc[nH]c3c2)C1. The second-order valence-electron chi connectivity index (χ2n) is 6.54. The summed E-state index contributed by atoms with van der Waals surface area (Å²) in [7, 11) is 0. The van der Waals surface area contributed by atoms with Gasteiger partial charge in [0.1, 0.15) is 17.5 Å². The van der Waals surface area contributed by atoms with Gasteiger partial charge in [0.25, 0.3) is 0 Å². The fraction of sp³-hybridized carbons (Fsp3) is 0.500. The lowest BCUT2D eigenvalue weighted by atomic mass is 10.2. The van der Waals surface area contributed by atoms with Crippen LogP contribution in [0.25, 0.3) is 11.0 Å². The molecule has 0 aliphatic carbocycles. The molecule has 0 radical (unpaired) electrons. The van der Waals surface area contributed by atoms with Gasteiger partial charge in [0.15, 0.2) is 0 Å². The van der Waals surface area contributed by atoms with E-state index in [1.807, 2.05) is 39.0 Å². The van der Waals surface area contributed by atoms with Crippen LogP contribution in [0.3, 0.4) is 0 Å². The molecule has 3 rings (SSSR count). The summed E-state index contributed by atoms with van der Waals surface area (Å²) in [4.78, 5) is 21.0. The maximum Gasteiger partial charge on any atom is 0.410 e. The maximum atomic E-state index is 12.0. The summed E-state index contributed by atoms with van der Waals surface area (Å²) < 4.78 is 11.4. The van der Waals surface area contributed by atoms with Crippen molar-refractivity contribution in [1.29, 1.82) is 0 Å². The number of benzene rings is 1. The predicted molar refractivity (Wildman–Crippen MR) is 82.9 cm³/mol. The molecule has 2 heterocycles. The molecule has 1 fully saturated rings. The Kier molecular flexibility index (Phi) is 3.68. The summed E-state index contributed by atoms with van der Waals surface area (Å²) in [5, 5.41) is 0. The number of carbonyl (C=O) groups excluding carboxylic acids is 1. The zero-order valence-corrected chi connectivity index (χ0v) is 13.1. The Morgan fingerprint density at radius 2 is 2.23 bits per heavy atom. The van der Waals surface area contributed by atoms with Crippen LogP contribution in [-0.4, -0.2) is 45.8 Å². The molecule has 1 aliphatic heterocycles. The molecule has 6 heteroatoms. The molecule has 1 aromatic heterocycles. The average Bonchev–Trinajstić information content (AvgIpc) is 3.04. The van der Waals surface area contributed by atoms with Crippen LogP contribution < -0.4 is 4.74 Å². The Hall–Kier alpha value is -2.24. The van der Waals surface area contributed by atoms with Gasteiger partial charge in [-0.05, 0) is 32.9 Å². The van der Waals surface area contributed by atoms with E-state index in [2.05, 4.69) is 9.97 Å². The second kappa shape index (κ2) is 5.51. The highest BCUT2D eigenvalue weighted by molar-refractivity contribution is 5.76. The fourth-order valence-corrected chi connectivity index (χ4v) is 2.50. The normalized spacial score (nSPS) is 18.7. The Bertz CT molecular complexity index is 675. The summed E-state index contributed by atoms with van der Waals surface area (Å²) >= 11 is 0. The minimum atomic E-state index is -0.471. The van der Waals surface area contributed by atoms with Gasteiger partial charge < -0.3 is 19.4 Å². The van der Waals surface area contributed by atoms with E-state index in [9.17, 15) is 4.79 Å². The van der Waals surface area contributed by atoms with Gasteiger partial charge in [0.05, 0.1) is 23.9 Å². The monoisotopic (exact) mass is 303 g/mol. The zero-order valence-electron chi connectivity index (χ0n) is 13.1. The number of amides is 1. The first-order chi connectivity index (χ1) is 10.4. The predicted octanol–water partition coefficient (Wildman–Crippen LogP) is 2.95. The van der Waals surface area contributed by atoms with Crippen LogP contribution in [0.5, 0.6) is 5.75 Å². The highest BCUT2D eigenvalue weighted by atomic mass is 16.6. The first kappa shape index (κ1) is 14.7. The van der Waals surface area contributed by atoms with Gasteiger partial charge in [0.2, 0.25) is 0 Å². The van der Waals surface area contributed by atoms with Crippen LogP contribution >= 0.6 is 0 Å². The van der Waals surface area contributed by atoms with E-state index in [4.69, 9.17) is 9.47 Å². The van der Waals surface area contributed by atoms with Crippen molar-refractivity contribution >= 4 is 17.1 Å². The van der Waals surface area contributed by atoms with Crippen molar-refractivity contribution < 1.29 is 14.3 Å². The number of H-pyrrole nitrogens is 1. The lowest BCUT2D eigenvalue weighted by Crippen LogP contribution is -2.36. The summed E-state index contributed by atoms with van der Waals surface area (Å²) in [6, 6.07) is 5.75. The summed E-state index contributed by atoms with van der Waals surface area (Å²) in [5.74, 6) is 0.785. The molecular weight excluding hydrogens is 282 g/mol. The molecule has 0 unspecified atom stereocenters. The summed E-state index contributed by atoms with van der Waals surface area (Å²) in [6.07, 6.45) is 2.18. The van der Waals surface area contributed by atoms with E-state index < -0.39 is 5.60 Å². The van der Waals surface area contributed by atoms with Crippen molar-refractivity contribution in [3.63, 3.8) is 0 Å². The number of hydrogen-bond acceptors (Lipinski definition) is 4. The van der Waals surface area contributed by atoms with E-state index in [-0.39, 0.29) is 12.2 Å². The number of likely N-dealkylation sites (tertiary alicyclic amines) is 1. The first-order valence-corrected chi connectivity index (χ1v) is 7.48. The van der Waals surface area contributed by atoms with E-state index in [0.717, 1.165) is 23.2 Å². The van der Waals surface area contributed by atoms with Gasteiger partial charge in [0, 0.05) is 19.0 Å². The minimum Gasteiger partial charge on any atom is -0.488 e. The van der Waals surface area contributed by atoms with Crippen LogP contribution in [0.15, 0.2) is 24.5 Å². The standard InChI is InChI=1S/C16H21N3O3/c1-16(2,3)22-15(20)19-7-6-12(9-19)21-11-4-5-13-14(8-11)18-10-17-13/h4-5,8,10,12H,6-7,9H2,1-3H3,(H,17,18)/t12-/m1/s1. The van der Waals surface area contributed by atoms with Crippen LogP contribution in [0.4, 0.5) is 4.79 Å². The molecule has 1 N–H and O–H groups in total. The van der Waals surface area contributed by atoms with Crippen molar-refractivity contribution in [3.05, 3.63) is 24.5 Å². The topological polar surface area (TPSA) is 67.4 Å². The van der Waals surface area contributed by atoms with Gasteiger partial charge in [-0.2, -0.15) is 0 Å². The number of nitrogens with zero attached hydrogens (tertiary/aromatic N) is 2. The molecule has 1 aromatic carbocycles. The Balaban J connectivity index is 1.59. The summed E-state index contributed by atoms with van der Waals surface area (Å²) in [6.45, 7) is 6.82. The van der Waals surface area contributed by atoms with E-state index in [0.29, 0.717) is 13.1 Å². The quantitative estimate of drug-likeness (QED) is 0.926. The molecule has 1 saturated heterocycles. The molecule has 22 heavy (non-hydrogen) atoms. The highest BCUT2D eigenvalue weighted by Gasteiger charge is 2.30. The molecule has 0 bridgehead atoms. The number of aromatic nitrogens is 2. The maximum absolute atomic E-state index is 12.0. The number of carbonyl (C=O) groups is 1. The van der Waals surface area contributed by atoms with Crippen molar-refractivity contribution in [2.75, 3.05) is 13.1 Å². The lowest BCUT2D eigenvalue weighted by molar-refractivity contribution is 0.0275. The largest absolute Gasteiger partial charge is 0.488 e. The molecule has 6 nitrogen and oxygen atoms in total. The van der Waals surface area contributed by atoms with Crippen molar-refractivity contribution in [2.24, 2.45) is 0 Å². The van der Waals surface area contributed by atoms with Gasteiger partial charge in [-0.1, -0.05) is 0 Å². The molecule has 2 aromatic rings. The molecule has 0 spiro atoms. The highest BCUT2D eigenvalue weighted by Crippen LogP contribution is 2.23. The number of rotatable bonds is 2. The first-order valence-electron chi connectivity index (χ1n) is 7.48. The number of ether oxygens (including phenoxy) is 2. The van der Waals surface area contributed by atoms with Crippen LogP contribution in [-0.2, 0) is 4.74 Å². The van der Waals surface area contributed by atoms with Gasteiger partial charge >= 0.3 is 6.09 Å². The van der Waals surface area contributed by atoms with Gasteiger partial charge in [-0.3, -0.25) is 0 Å². The molecule has 1 aliphatic rings. The van der Waals surface area contributed by atoms with Crippen LogP contribution in [0.2, 0.25) is 0 Å². The van der Waals surface area contributed by atoms with Gasteiger partial charge in [-0.15, -0.1) is 0 Å². The Morgan fingerprint density at radius 3 is 3.00 bits per heavy atom. The number of fused-ring (bicyclic) bond motifs is 1. The molecule has 1 amide bonds. The lowest BCUT2D eigenvalue weighted by Gasteiger charge is -2.24. The Morgan fingerprint density at radius 1 is 1.41 bits per heavy atom. The molecule has 118 valence electrons. The second-order valence-corrected chi connectivity index (χ2v) is 6.54. The van der Waals surface area contributed by atoms with Crippen molar-refractivity contribution in [2.45, 2.75) is 38.9 Å². The number of imidazole rings is 1. The summed E-state index contributed by atoms with van der Waals surface area (Å²) in [5.41, 5.74) is 1.38. The molecule has 1 atom stereocenters. The third-order valence-electron chi connectivity index (χ3n) is 3.49. The van der Waals surface area contributed by atoms with Crippen LogP contribution in [0.1, 0.15) is 27.2 Å². The number of aromatic amines is 1. The van der Waals surface area contributed by atoms with E-state index in [1.54, 1.807) is 11.2 Å². The third-order valence-corrected chi connectivity index (χ3v) is 3.49. The van der Waals surface area contributed by atoms with E-state index >= 15 is 0 Å². The molecule has 0 saturated carbocycles. The molecular formula is C16H21N3O3. The van der Waals surface area contributed by atoms with Crippen molar-refractivity contribution in [3.8, 4) is 5.75 Å². The van der Waals surface area contributed by atoms with E-state index in [1.165, 1.54) is 0 Å². The smallest absolute Gasteiger partial charge is 0.410 e.